The van der Waals surface area contributed by atoms with Crippen LogP contribution in [0.2, 0.25) is 0 Å². The summed E-state index contributed by atoms with van der Waals surface area (Å²) in [5, 5.41) is 0. The smallest absolute Gasteiger partial charge is 0.311 e. The second-order valence-electron chi connectivity index (χ2n) is 14.3. The molecule has 1 aromatic carbocycles. The molecule has 1 aliphatic rings. The van der Waals surface area contributed by atoms with Gasteiger partial charge in [-0.3, -0.25) is 4.79 Å². The van der Waals surface area contributed by atoms with Crippen molar-refractivity contribution in [2.75, 3.05) is 20.8 Å². The van der Waals surface area contributed by atoms with E-state index in [9.17, 15) is 4.79 Å². The molecular formula is C35H58O4. The number of carbonyl (C=O) groups excluding carboxylic acids is 1. The van der Waals surface area contributed by atoms with Crippen LogP contribution in [0.15, 0.2) is 23.8 Å². The predicted molar refractivity (Wildman–Crippen MR) is 164 cm³/mol. The van der Waals surface area contributed by atoms with Gasteiger partial charge in [0, 0.05) is 11.0 Å². The molecule has 1 aromatic rings. The monoisotopic (exact) mass is 542 g/mol. The quantitative estimate of drug-likeness (QED) is 0.150. The molecule has 0 bridgehead atoms. The van der Waals surface area contributed by atoms with Crippen molar-refractivity contribution in [2.24, 2.45) is 22.7 Å². The lowest BCUT2D eigenvalue weighted by Gasteiger charge is -2.53. The van der Waals surface area contributed by atoms with Gasteiger partial charge in [0.05, 0.1) is 19.6 Å². The molecule has 0 spiro atoms. The van der Waals surface area contributed by atoms with E-state index in [2.05, 4.69) is 73.6 Å². The van der Waals surface area contributed by atoms with Gasteiger partial charge in [-0.25, -0.2) is 0 Å². The van der Waals surface area contributed by atoms with Crippen molar-refractivity contribution in [3.8, 4) is 11.5 Å². The van der Waals surface area contributed by atoms with Gasteiger partial charge in [0.25, 0.3) is 0 Å². The minimum Gasteiger partial charge on any atom is -0.496 e. The standard InChI is InChI=1S/C35H58O4/c1-14-16-17-18-19-33(7,8)26-20-28(37-12)30(29(21-26)38-13)35(11)22-25(23-39-31(36)32(4,5)6)27(15-2)34(9,10)24(35)3/h20-22,24,27H,14-19,23H2,1-13H3/t24-,27-,35?/m1/s1. The number of methoxy groups -OCH3 is 2. The van der Waals surface area contributed by atoms with E-state index in [1.807, 2.05) is 20.8 Å². The first kappa shape index (κ1) is 33.2. The number of benzene rings is 1. The van der Waals surface area contributed by atoms with Crippen molar-refractivity contribution >= 4 is 5.97 Å². The van der Waals surface area contributed by atoms with Gasteiger partial charge in [-0.1, -0.05) is 87.1 Å². The maximum atomic E-state index is 12.7. The molecule has 0 amide bonds. The SMILES string of the molecule is CCCCCCC(C)(C)c1cc(OC)c(C2(C)C=C(COC(=O)C(C)(C)C)[C@@H](CC)C(C)(C)[C@H]2C)c(OC)c1. The summed E-state index contributed by atoms with van der Waals surface area (Å²) in [5.41, 5.74) is 2.58. The largest absolute Gasteiger partial charge is 0.496 e. The van der Waals surface area contributed by atoms with Crippen molar-refractivity contribution < 1.29 is 19.0 Å². The first-order valence-electron chi connectivity index (χ1n) is 15.2. The highest BCUT2D eigenvalue weighted by molar-refractivity contribution is 5.75. The van der Waals surface area contributed by atoms with Crippen molar-refractivity contribution in [1.29, 1.82) is 0 Å². The van der Waals surface area contributed by atoms with Gasteiger partial charge < -0.3 is 14.2 Å². The number of hydrogen-bond donors (Lipinski definition) is 0. The molecule has 0 saturated carbocycles. The van der Waals surface area contributed by atoms with Crippen LogP contribution in [0.5, 0.6) is 11.5 Å². The van der Waals surface area contributed by atoms with Gasteiger partial charge in [-0.2, -0.15) is 0 Å². The van der Waals surface area contributed by atoms with E-state index in [1.165, 1.54) is 36.8 Å². The van der Waals surface area contributed by atoms with Crippen LogP contribution in [0, 0.1) is 22.7 Å². The summed E-state index contributed by atoms with van der Waals surface area (Å²) in [4.78, 5) is 12.7. The predicted octanol–water partition coefficient (Wildman–Crippen LogP) is 9.43. The number of hydrogen-bond acceptors (Lipinski definition) is 4. The Morgan fingerprint density at radius 2 is 1.49 bits per heavy atom. The molecule has 4 nitrogen and oxygen atoms in total. The Labute approximate surface area is 240 Å². The normalized spacial score (nSPS) is 23.3. The molecule has 0 radical (unpaired) electrons. The van der Waals surface area contributed by atoms with Crippen molar-refractivity contribution in [2.45, 2.75) is 126 Å². The highest BCUT2D eigenvalue weighted by Crippen LogP contribution is 2.58. The molecule has 1 unspecified atom stereocenters. The lowest BCUT2D eigenvalue weighted by atomic mass is 9.51. The van der Waals surface area contributed by atoms with Crippen LogP contribution >= 0.6 is 0 Å². The summed E-state index contributed by atoms with van der Waals surface area (Å²) < 4.78 is 18.2. The van der Waals surface area contributed by atoms with E-state index < -0.39 is 5.41 Å². The molecule has 0 aromatic heterocycles. The van der Waals surface area contributed by atoms with Crippen LogP contribution in [0.1, 0.15) is 126 Å². The van der Waals surface area contributed by atoms with E-state index in [-0.39, 0.29) is 28.1 Å². The van der Waals surface area contributed by atoms with E-state index in [1.54, 1.807) is 14.2 Å². The molecule has 0 saturated heterocycles. The van der Waals surface area contributed by atoms with Crippen LogP contribution in [0.3, 0.4) is 0 Å². The van der Waals surface area contributed by atoms with Gasteiger partial charge >= 0.3 is 5.97 Å². The molecule has 0 aliphatic heterocycles. The second-order valence-corrected chi connectivity index (χ2v) is 14.3. The Balaban J connectivity index is 2.67. The maximum Gasteiger partial charge on any atom is 0.311 e. The van der Waals surface area contributed by atoms with E-state index >= 15 is 0 Å². The topological polar surface area (TPSA) is 44.8 Å². The Morgan fingerprint density at radius 3 is 1.95 bits per heavy atom. The highest BCUT2D eigenvalue weighted by atomic mass is 16.5. The highest BCUT2D eigenvalue weighted by Gasteiger charge is 2.51. The Hall–Kier alpha value is -1.97. The van der Waals surface area contributed by atoms with Gasteiger partial charge in [0.15, 0.2) is 0 Å². The molecule has 4 heteroatoms. The van der Waals surface area contributed by atoms with E-state index in [0.717, 1.165) is 29.9 Å². The summed E-state index contributed by atoms with van der Waals surface area (Å²) in [6.07, 6.45) is 9.49. The van der Waals surface area contributed by atoms with Gasteiger partial charge in [0.1, 0.15) is 18.1 Å². The number of ether oxygens (including phenoxy) is 3. The fourth-order valence-electron chi connectivity index (χ4n) is 6.72. The minimum atomic E-state index is -0.533. The fourth-order valence-corrected chi connectivity index (χ4v) is 6.72. The average Bonchev–Trinajstić information content (AvgIpc) is 2.86. The minimum absolute atomic E-state index is 0.0145. The Bertz CT molecular complexity index is 985. The maximum absolute atomic E-state index is 12.7. The van der Waals surface area contributed by atoms with Crippen LogP contribution < -0.4 is 9.47 Å². The molecule has 39 heavy (non-hydrogen) atoms. The third-order valence-electron chi connectivity index (χ3n) is 9.72. The third kappa shape index (κ3) is 7.03. The fraction of sp³-hybridized carbons (Fsp3) is 0.743. The molecular weight excluding hydrogens is 484 g/mol. The van der Waals surface area contributed by atoms with E-state index in [0.29, 0.717) is 12.5 Å². The number of unbranched alkanes of at least 4 members (excludes halogenated alkanes) is 3. The van der Waals surface area contributed by atoms with Crippen LogP contribution in [-0.4, -0.2) is 26.8 Å². The van der Waals surface area contributed by atoms with Gasteiger partial charge in [-0.05, 0) is 79.5 Å². The zero-order chi connectivity index (χ0) is 29.8. The van der Waals surface area contributed by atoms with E-state index in [4.69, 9.17) is 14.2 Å². The summed E-state index contributed by atoms with van der Waals surface area (Å²) in [6.45, 7) is 24.5. The molecule has 0 N–H and O–H groups in total. The molecule has 0 heterocycles. The zero-order valence-electron chi connectivity index (χ0n) is 27.5. The van der Waals surface area contributed by atoms with Crippen LogP contribution in [0.4, 0.5) is 0 Å². The first-order valence-corrected chi connectivity index (χ1v) is 15.2. The zero-order valence-corrected chi connectivity index (χ0v) is 27.5. The number of rotatable bonds is 12. The molecule has 2 rings (SSSR count). The summed E-state index contributed by atoms with van der Waals surface area (Å²) in [5.74, 6) is 2.16. The van der Waals surface area contributed by atoms with Crippen LogP contribution in [-0.2, 0) is 20.4 Å². The summed E-state index contributed by atoms with van der Waals surface area (Å²) >= 11 is 0. The summed E-state index contributed by atoms with van der Waals surface area (Å²) in [6, 6.07) is 4.48. The molecule has 3 atom stereocenters. The van der Waals surface area contributed by atoms with Crippen molar-refractivity contribution in [3.63, 3.8) is 0 Å². The van der Waals surface area contributed by atoms with Crippen molar-refractivity contribution in [1.82, 2.24) is 0 Å². The lowest BCUT2D eigenvalue weighted by Crippen LogP contribution is -2.48. The number of esters is 1. The van der Waals surface area contributed by atoms with Crippen LogP contribution in [0.25, 0.3) is 0 Å². The lowest BCUT2D eigenvalue weighted by molar-refractivity contribution is -0.152. The molecule has 1 aliphatic carbocycles. The second kappa shape index (κ2) is 12.7. The molecule has 0 fully saturated rings. The van der Waals surface area contributed by atoms with Crippen molar-refractivity contribution in [3.05, 3.63) is 34.9 Å². The van der Waals surface area contributed by atoms with Gasteiger partial charge in [-0.15, -0.1) is 0 Å². The molecule has 222 valence electrons. The van der Waals surface area contributed by atoms with Gasteiger partial charge in [0.2, 0.25) is 0 Å². The number of allylic oxidation sites excluding steroid dienone is 1. The average molecular weight is 543 g/mol. The number of carbonyl (C=O) groups is 1. The first-order chi connectivity index (χ1) is 18.0. The third-order valence-corrected chi connectivity index (χ3v) is 9.72. The Morgan fingerprint density at radius 1 is 0.923 bits per heavy atom. The summed E-state index contributed by atoms with van der Waals surface area (Å²) in [7, 11) is 3.53. The Kier molecular flexibility index (Phi) is 10.8.